The molecule has 1 aromatic rings. The maximum absolute atomic E-state index is 11.1. The molecule has 0 radical (unpaired) electrons. The molecule has 0 aliphatic carbocycles. The summed E-state index contributed by atoms with van der Waals surface area (Å²) in [4.78, 5) is 11.1. The van der Waals surface area contributed by atoms with Crippen LogP contribution in [0, 0.1) is 0 Å². The lowest BCUT2D eigenvalue weighted by atomic mass is 10.0. The zero-order valence-electron chi connectivity index (χ0n) is 8.42. The van der Waals surface area contributed by atoms with Crippen LogP contribution >= 0.6 is 0 Å². The van der Waals surface area contributed by atoms with E-state index >= 15 is 0 Å². The second-order valence-corrected chi connectivity index (χ2v) is 3.86. The molecule has 1 aliphatic heterocycles. The minimum atomic E-state index is 0.0230. The minimum absolute atomic E-state index is 0.0230. The third-order valence-electron chi connectivity index (χ3n) is 2.42. The molecular weight excluding hydrogens is 176 g/mol. The van der Waals surface area contributed by atoms with Gasteiger partial charge in [-0.2, -0.15) is 0 Å². The van der Waals surface area contributed by atoms with Crippen LogP contribution in [0.4, 0.5) is 11.4 Å². The first-order valence-corrected chi connectivity index (χ1v) is 4.84. The predicted octanol–water partition coefficient (Wildman–Crippen LogP) is 2.17. The predicted molar refractivity (Wildman–Crippen MR) is 57.7 cm³/mol. The van der Waals surface area contributed by atoms with Crippen LogP contribution in [0.25, 0.3) is 0 Å². The maximum atomic E-state index is 11.1. The lowest BCUT2D eigenvalue weighted by Gasteiger charge is -2.20. The highest BCUT2D eigenvalue weighted by molar-refractivity contribution is 6.00. The van der Waals surface area contributed by atoms with E-state index in [2.05, 4.69) is 36.6 Å². The van der Waals surface area contributed by atoms with Gasteiger partial charge in [0.2, 0.25) is 5.91 Å². The molecule has 1 heterocycles. The lowest BCUT2D eigenvalue weighted by molar-refractivity contribution is -0.114. The van der Waals surface area contributed by atoms with Gasteiger partial charge in [0.25, 0.3) is 0 Å². The number of carbonyl (C=O) groups excluding carboxylic acids is 1. The number of rotatable bonds is 1. The Bertz CT molecular complexity index is 372. The Morgan fingerprint density at radius 3 is 2.79 bits per heavy atom. The van der Waals surface area contributed by atoms with Crippen LogP contribution in [0.15, 0.2) is 18.2 Å². The molecule has 3 heteroatoms. The molecule has 0 saturated heterocycles. The molecule has 0 aromatic heterocycles. The van der Waals surface area contributed by atoms with E-state index in [9.17, 15) is 4.79 Å². The zero-order chi connectivity index (χ0) is 10.1. The van der Waals surface area contributed by atoms with Gasteiger partial charge in [-0.05, 0) is 23.6 Å². The first-order chi connectivity index (χ1) is 6.66. The fraction of sp³-hybridized carbons (Fsp3) is 0.364. The van der Waals surface area contributed by atoms with Crippen LogP contribution in [0.2, 0.25) is 0 Å². The Kier molecular flexibility index (Phi) is 2.15. The number of benzene rings is 1. The molecule has 14 heavy (non-hydrogen) atoms. The van der Waals surface area contributed by atoms with E-state index in [-0.39, 0.29) is 5.91 Å². The second-order valence-electron chi connectivity index (χ2n) is 3.86. The highest BCUT2D eigenvalue weighted by Crippen LogP contribution is 2.28. The Morgan fingerprint density at radius 1 is 1.29 bits per heavy atom. The van der Waals surface area contributed by atoms with Crippen molar-refractivity contribution in [3.63, 3.8) is 0 Å². The first-order valence-electron chi connectivity index (χ1n) is 4.84. The molecule has 0 unspecified atom stereocenters. The second kappa shape index (κ2) is 3.33. The van der Waals surface area contributed by atoms with Gasteiger partial charge in [0.1, 0.15) is 0 Å². The van der Waals surface area contributed by atoms with Crippen molar-refractivity contribution < 1.29 is 4.79 Å². The zero-order valence-corrected chi connectivity index (χ0v) is 8.42. The van der Waals surface area contributed by atoms with Crippen LogP contribution in [0.1, 0.15) is 25.3 Å². The molecule has 0 spiro atoms. The summed E-state index contributed by atoms with van der Waals surface area (Å²) in [6.07, 6.45) is 0. The van der Waals surface area contributed by atoms with Crippen molar-refractivity contribution in [2.24, 2.45) is 0 Å². The number of amides is 1. The number of fused-ring (bicyclic) bond motifs is 1. The van der Waals surface area contributed by atoms with Crippen molar-refractivity contribution in [3.8, 4) is 0 Å². The van der Waals surface area contributed by atoms with Gasteiger partial charge in [-0.3, -0.25) is 4.79 Å². The Morgan fingerprint density at radius 2 is 2.07 bits per heavy atom. The molecule has 74 valence electrons. The van der Waals surface area contributed by atoms with E-state index in [1.807, 2.05) is 6.07 Å². The van der Waals surface area contributed by atoms with E-state index in [1.165, 1.54) is 5.56 Å². The molecule has 1 aliphatic rings. The average molecular weight is 190 g/mol. The van der Waals surface area contributed by atoms with Crippen molar-refractivity contribution in [2.45, 2.75) is 19.8 Å². The van der Waals surface area contributed by atoms with Crippen LogP contribution < -0.4 is 10.6 Å². The van der Waals surface area contributed by atoms with E-state index in [4.69, 9.17) is 0 Å². The van der Waals surface area contributed by atoms with Crippen LogP contribution in [0.3, 0.4) is 0 Å². The third-order valence-corrected chi connectivity index (χ3v) is 2.42. The van der Waals surface area contributed by atoms with Gasteiger partial charge in [0, 0.05) is 0 Å². The highest BCUT2D eigenvalue weighted by atomic mass is 16.2. The van der Waals surface area contributed by atoms with Crippen molar-refractivity contribution >= 4 is 17.3 Å². The summed E-state index contributed by atoms with van der Waals surface area (Å²) in [6, 6.07) is 6.10. The van der Waals surface area contributed by atoms with Gasteiger partial charge in [0.05, 0.1) is 17.9 Å². The van der Waals surface area contributed by atoms with E-state index < -0.39 is 0 Å². The van der Waals surface area contributed by atoms with Crippen molar-refractivity contribution in [1.82, 2.24) is 0 Å². The molecule has 3 nitrogen and oxygen atoms in total. The van der Waals surface area contributed by atoms with Crippen LogP contribution in [-0.2, 0) is 4.79 Å². The molecule has 1 aromatic carbocycles. The number of nitrogens with one attached hydrogen (secondary N) is 2. The molecular formula is C11H14N2O. The summed E-state index contributed by atoms with van der Waals surface area (Å²) in [7, 11) is 0. The fourth-order valence-electron chi connectivity index (χ4n) is 1.55. The average Bonchev–Trinajstić information content (AvgIpc) is 2.16. The quantitative estimate of drug-likeness (QED) is 0.712. The van der Waals surface area contributed by atoms with Gasteiger partial charge in [-0.1, -0.05) is 19.9 Å². The summed E-state index contributed by atoms with van der Waals surface area (Å²) in [5.41, 5.74) is 3.19. The SMILES string of the molecule is CC(C)c1ccc2c(c1)NCC(=O)N2. The van der Waals surface area contributed by atoms with Crippen LogP contribution in [0.5, 0.6) is 0 Å². The van der Waals surface area contributed by atoms with Gasteiger partial charge in [-0.25, -0.2) is 0 Å². The lowest BCUT2D eigenvalue weighted by Crippen LogP contribution is -2.27. The summed E-state index contributed by atoms with van der Waals surface area (Å²) in [5.74, 6) is 0.537. The molecule has 0 atom stereocenters. The molecule has 2 N–H and O–H groups in total. The van der Waals surface area contributed by atoms with E-state index in [1.54, 1.807) is 0 Å². The van der Waals surface area contributed by atoms with Gasteiger partial charge in [-0.15, -0.1) is 0 Å². The number of hydrogen-bond donors (Lipinski definition) is 2. The maximum Gasteiger partial charge on any atom is 0.243 e. The largest absolute Gasteiger partial charge is 0.374 e. The number of carbonyl (C=O) groups is 1. The monoisotopic (exact) mass is 190 g/mol. The normalized spacial score (nSPS) is 14.6. The minimum Gasteiger partial charge on any atom is -0.374 e. The molecule has 1 amide bonds. The van der Waals surface area contributed by atoms with E-state index in [0.29, 0.717) is 12.5 Å². The summed E-state index contributed by atoms with van der Waals surface area (Å²) >= 11 is 0. The van der Waals surface area contributed by atoms with E-state index in [0.717, 1.165) is 11.4 Å². The Hall–Kier alpha value is -1.51. The molecule has 2 rings (SSSR count). The topological polar surface area (TPSA) is 41.1 Å². The van der Waals surface area contributed by atoms with Crippen molar-refractivity contribution in [3.05, 3.63) is 23.8 Å². The van der Waals surface area contributed by atoms with Gasteiger partial charge in [0.15, 0.2) is 0 Å². The fourth-order valence-corrected chi connectivity index (χ4v) is 1.55. The smallest absolute Gasteiger partial charge is 0.243 e. The summed E-state index contributed by atoms with van der Waals surface area (Å²) < 4.78 is 0. The van der Waals surface area contributed by atoms with Crippen molar-refractivity contribution in [1.29, 1.82) is 0 Å². The Balaban J connectivity index is 2.36. The number of anilines is 2. The molecule has 0 bridgehead atoms. The first kappa shape index (κ1) is 9.06. The highest BCUT2D eigenvalue weighted by Gasteiger charge is 2.14. The molecule has 0 saturated carbocycles. The third kappa shape index (κ3) is 1.58. The summed E-state index contributed by atoms with van der Waals surface area (Å²) in [6.45, 7) is 4.68. The molecule has 0 fully saturated rings. The van der Waals surface area contributed by atoms with Gasteiger partial charge >= 0.3 is 0 Å². The van der Waals surface area contributed by atoms with Gasteiger partial charge < -0.3 is 10.6 Å². The number of hydrogen-bond acceptors (Lipinski definition) is 2. The van der Waals surface area contributed by atoms with Crippen LogP contribution in [-0.4, -0.2) is 12.5 Å². The standard InChI is InChI=1S/C11H14N2O/c1-7(2)8-3-4-9-10(5-8)12-6-11(14)13-9/h3-5,7,12H,6H2,1-2H3,(H,13,14). The summed E-state index contributed by atoms with van der Waals surface area (Å²) in [5, 5.41) is 5.92. The Labute approximate surface area is 83.5 Å². The van der Waals surface area contributed by atoms with Crippen molar-refractivity contribution in [2.75, 3.05) is 17.2 Å².